The first kappa shape index (κ1) is 16.0. The number of nitrogens with zero attached hydrogens (tertiary/aromatic N) is 2. The molecule has 5 heteroatoms. The van der Waals surface area contributed by atoms with Gasteiger partial charge in [-0.1, -0.05) is 26.0 Å². The quantitative estimate of drug-likeness (QED) is 0.888. The minimum atomic E-state index is 0.222. The normalized spacial score (nSPS) is 17.5. The number of ether oxygens (including phenoxy) is 1. The zero-order valence-corrected chi connectivity index (χ0v) is 13.8. The van der Waals surface area contributed by atoms with Crippen LogP contribution >= 0.6 is 0 Å². The van der Waals surface area contributed by atoms with Crippen molar-refractivity contribution in [2.45, 2.75) is 19.9 Å². The van der Waals surface area contributed by atoms with E-state index in [4.69, 9.17) is 4.74 Å². The third-order valence-corrected chi connectivity index (χ3v) is 4.54. The minimum Gasteiger partial charge on any atom is -0.506 e. The van der Waals surface area contributed by atoms with Gasteiger partial charge in [0.2, 0.25) is 0 Å². The van der Waals surface area contributed by atoms with Gasteiger partial charge >= 0.3 is 0 Å². The van der Waals surface area contributed by atoms with Gasteiger partial charge in [-0.3, -0.25) is 9.88 Å². The van der Waals surface area contributed by atoms with Crippen LogP contribution in [0.25, 0.3) is 10.9 Å². The molecule has 1 aromatic carbocycles. The van der Waals surface area contributed by atoms with Gasteiger partial charge in [0.05, 0.1) is 13.2 Å². The number of phenols is 1. The molecule has 1 aromatic heterocycles. The number of para-hydroxylation sites is 1. The van der Waals surface area contributed by atoms with Crippen LogP contribution in [0.3, 0.4) is 0 Å². The number of aromatic nitrogens is 1. The summed E-state index contributed by atoms with van der Waals surface area (Å²) in [4.78, 5) is 6.78. The first-order valence-electron chi connectivity index (χ1n) is 8.29. The molecule has 0 amide bonds. The summed E-state index contributed by atoms with van der Waals surface area (Å²) < 4.78 is 5.47. The zero-order valence-electron chi connectivity index (χ0n) is 13.8. The van der Waals surface area contributed by atoms with Gasteiger partial charge in [0.15, 0.2) is 0 Å². The van der Waals surface area contributed by atoms with Crippen LogP contribution in [-0.4, -0.2) is 53.9 Å². The second kappa shape index (κ2) is 7.15. The molecular formula is C18H25N3O2. The summed E-state index contributed by atoms with van der Waals surface area (Å²) in [5.41, 5.74) is 1.66. The van der Waals surface area contributed by atoms with Crippen molar-refractivity contribution in [3.05, 3.63) is 30.5 Å². The number of aromatic hydroxyl groups is 1. The summed E-state index contributed by atoms with van der Waals surface area (Å²) in [5.74, 6) is 0.779. The van der Waals surface area contributed by atoms with Crippen molar-refractivity contribution in [2.24, 2.45) is 5.92 Å². The predicted octanol–water partition coefficient (Wildman–Crippen LogP) is 2.71. The molecule has 0 bridgehead atoms. The summed E-state index contributed by atoms with van der Waals surface area (Å²) >= 11 is 0. The molecule has 23 heavy (non-hydrogen) atoms. The molecule has 0 spiro atoms. The number of fused-ring (bicyclic) bond motifs is 1. The van der Waals surface area contributed by atoms with Crippen molar-refractivity contribution < 1.29 is 9.84 Å². The predicted molar refractivity (Wildman–Crippen MR) is 92.9 cm³/mol. The lowest BCUT2D eigenvalue weighted by Crippen LogP contribution is -2.49. The first-order chi connectivity index (χ1) is 11.2. The van der Waals surface area contributed by atoms with Crippen LogP contribution in [0.4, 0.5) is 5.69 Å². The molecular weight excluding hydrogens is 290 g/mol. The van der Waals surface area contributed by atoms with Crippen molar-refractivity contribution in [1.29, 1.82) is 0 Å². The summed E-state index contributed by atoms with van der Waals surface area (Å²) in [6, 6.07) is 7.94. The Morgan fingerprint density at radius 3 is 2.78 bits per heavy atom. The standard InChI is InChI=1S/C18H25N3O2/c1-13(2)16(21-8-10-23-11-9-21)12-20-15-6-7-19-18-14(15)4-3-5-17(18)22/h3-7,13,16,22H,8-12H2,1-2H3,(H,19,20). The molecule has 1 aliphatic heterocycles. The minimum absolute atomic E-state index is 0.222. The van der Waals surface area contributed by atoms with Gasteiger partial charge in [0.1, 0.15) is 11.3 Å². The third-order valence-electron chi connectivity index (χ3n) is 4.54. The molecule has 3 rings (SSSR count). The lowest BCUT2D eigenvalue weighted by molar-refractivity contribution is 0.00955. The smallest absolute Gasteiger partial charge is 0.141 e. The summed E-state index contributed by atoms with van der Waals surface area (Å²) in [6.07, 6.45) is 1.74. The maximum atomic E-state index is 9.95. The maximum absolute atomic E-state index is 9.95. The highest BCUT2D eigenvalue weighted by Crippen LogP contribution is 2.28. The van der Waals surface area contributed by atoms with Crippen LogP contribution in [0.15, 0.2) is 30.5 Å². The Bertz CT molecular complexity index is 654. The number of anilines is 1. The highest BCUT2D eigenvalue weighted by Gasteiger charge is 2.23. The van der Waals surface area contributed by atoms with E-state index >= 15 is 0 Å². The van der Waals surface area contributed by atoms with Crippen LogP contribution in [0.2, 0.25) is 0 Å². The fourth-order valence-corrected chi connectivity index (χ4v) is 3.22. The van der Waals surface area contributed by atoms with Gasteiger partial charge in [-0.05, 0) is 18.1 Å². The Kier molecular flexibility index (Phi) is 4.98. The Morgan fingerprint density at radius 1 is 1.26 bits per heavy atom. The largest absolute Gasteiger partial charge is 0.506 e. The second-order valence-electron chi connectivity index (χ2n) is 6.37. The third kappa shape index (κ3) is 3.57. The average Bonchev–Trinajstić information content (AvgIpc) is 2.56. The number of nitrogens with one attached hydrogen (secondary N) is 1. The van der Waals surface area contributed by atoms with E-state index in [0.29, 0.717) is 17.5 Å². The summed E-state index contributed by atoms with van der Waals surface area (Å²) in [7, 11) is 0. The number of pyridine rings is 1. The van der Waals surface area contributed by atoms with Gasteiger partial charge in [0.25, 0.3) is 0 Å². The van der Waals surface area contributed by atoms with E-state index in [2.05, 4.69) is 29.0 Å². The van der Waals surface area contributed by atoms with Crippen LogP contribution in [0.1, 0.15) is 13.8 Å². The molecule has 0 radical (unpaired) electrons. The van der Waals surface area contributed by atoms with Gasteiger partial charge in [-0.2, -0.15) is 0 Å². The van der Waals surface area contributed by atoms with Crippen LogP contribution in [-0.2, 0) is 4.74 Å². The van der Waals surface area contributed by atoms with Crippen molar-refractivity contribution in [3.63, 3.8) is 0 Å². The lowest BCUT2D eigenvalue weighted by Gasteiger charge is -2.37. The van der Waals surface area contributed by atoms with Gasteiger partial charge in [0, 0.05) is 42.9 Å². The molecule has 2 N–H and O–H groups in total. The van der Waals surface area contributed by atoms with Crippen LogP contribution < -0.4 is 5.32 Å². The molecule has 1 unspecified atom stereocenters. The molecule has 1 saturated heterocycles. The number of benzene rings is 1. The molecule has 1 atom stereocenters. The molecule has 0 saturated carbocycles. The molecule has 2 heterocycles. The van der Waals surface area contributed by atoms with E-state index in [0.717, 1.165) is 43.9 Å². The van der Waals surface area contributed by atoms with Crippen molar-refractivity contribution in [2.75, 3.05) is 38.2 Å². The fraction of sp³-hybridized carbons (Fsp3) is 0.500. The van der Waals surface area contributed by atoms with E-state index < -0.39 is 0 Å². The first-order valence-corrected chi connectivity index (χ1v) is 8.29. The molecule has 0 aliphatic carbocycles. The van der Waals surface area contributed by atoms with Gasteiger partial charge in [-0.25, -0.2) is 0 Å². The molecule has 124 valence electrons. The molecule has 2 aromatic rings. The van der Waals surface area contributed by atoms with Gasteiger partial charge in [-0.15, -0.1) is 0 Å². The average molecular weight is 315 g/mol. The number of hydrogen-bond donors (Lipinski definition) is 2. The Labute approximate surface area is 137 Å². The summed E-state index contributed by atoms with van der Waals surface area (Å²) in [6.45, 7) is 9.00. The molecule has 1 aliphatic rings. The number of phenolic OH excluding ortho intramolecular Hbond substituents is 1. The molecule has 5 nitrogen and oxygen atoms in total. The fourth-order valence-electron chi connectivity index (χ4n) is 3.22. The zero-order chi connectivity index (χ0) is 16.2. The highest BCUT2D eigenvalue weighted by molar-refractivity contribution is 5.94. The maximum Gasteiger partial charge on any atom is 0.141 e. The van der Waals surface area contributed by atoms with E-state index in [1.54, 1.807) is 12.3 Å². The van der Waals surface area contributed by atoms with Crippen molar-refractivity contribution in [3.8, 4) is 5.75 Å². The van der Waals surface area contributed by atoms with Crippen LogP contribution in [0.5, 0.6) is 5.75 Å². The Morgan fingerprint density at radius 2 is 2.04 bits per heavy atom. The number of rotatable bonds is 5. The van der Waals surface area contributed by atoms with Crippen molar-refractivity contribution >= 4 is 16.6 Å². The number of hydrogen-bond acceptors (Lipinski definition) is 5. The summed E-state index contributed by atoms with van der Waals surface area (Å²) in [5, 5.41) is 14.5. The highest BCUT2D eigenvalue weighted by atomic mass is 16.5. The van der Waals surface area contributed by atoms with E-state index in [1.165, 1.54) is 0 Å². The van der Waals surface area contributed by atoms with E-state index in [-0.39, 0.29) is 5.75 Å². The second-order valence-corrected chi connectivity index (χ2v) is 6.37. The van der Waals surface area contributed by atoms with Gasteiger partial charge < -0.3 is 15.2 Å². The molecule has 1 fully saturated rings. The van der Waals surface area contributed by atoms with E-state index in [9.17, 15) is 5.11 Å². The topological polar surface area (TPSA) is 57.6 Å². The van der Waals surface area contributed by atoms with Crippen molar-refractivity contribution in [1.82, 2.24) is 9.88 Å². The SMILES string of the molecule is CC(C)C(CNc1ccnc2c(O)cccc12)N1CCOCC1. The Hall–Kier alpha value is -1.85. The van der Waals surface area contributed by atoms with E-state index in [1.807, 2.05) is 18.2 Å². The Balaban J connectivity index is 1.77. The number of morpholine rings is 1. The lowest BCUT2D eigenvalue weighted by atomic mass is 10.0. The van der Waals surface area contributed by atoms with Crippen LogP contribution in [0, 0.1) is 5.92 Å². The monoisotopic (exact) mass is 315 g/mol.